The lowest BCUT2D eigenvalue weighted by Gasteiger charge is -2.17. The van der Waals surface area contributed by atoms with Crippen molar-refractivity contribution >= 4 is 5.82 Å². The SMILES string of the molecule is CC(C)NCc1ccc(N(C)Cc2cccnc2)nn1. The van der Waals surface area contributed by atoms with Crippen molar-refractivity contribution in [3.63, 3.8) is 0 Å². The van der Waals surface area contributed by atoms with Gasteiger partial charge in [-0.2, -0.15) is 5.10 Å². The number of pyridine rings is 1. The van der Waals surface area contributed by atoms with Gasteiger partial charge in [0, 0.05) is 38.6 Å². The molecule has 0 radical (unpaired) electrons. The van der Waals surface area contributed by atoms with E-state index in [0.717, 1.165) is 30.2 Å². The topological polar surface area (TPSA) is 53.9 Å². The first-order chi connectivity index (χ1) is 9.65. The van der Waals surface area contributed by atoms with Gasteiger partial charge in [0.25, 0.3) is 0 Å². The fourth-order valence-corrected chi connectivity index (χ4v) is 1.81. The van der Waals surface area contributed by atoms with Gasteiger partial charge >= 0.3 is 0 Å². The maximum absolute atomic E-state index is 4.27. The molecule has 2 aromatic rings. The summed E-state index contributed by atoms with van der Waals surface area (Å²) in [6.45, 7) is 5.75. The Hall–Kier alpha value is -2.01. The molecule has 0 aromatic carbocycles. The van der Waals surface area contributed by atoms with Crippen LogP contribution in [0, 0.1) is 0 Å². The third-order valence-corrected chi connectivity index (χ3v) is 2.93. The maximum Gasteiger partial charge on any atom is 0.151 e. The van der Waals surface area contributed by atoms with Crippen LogP contribution in [0.5, 0.6) is 0 Å². The number of aromatic nitrogens is 3. The molecule has 5 heteroatoms. The van der Waals surface area contributed by atoms with Crippen LogP contribution in [0.15, 0.2) is 36.7 Å². The van der Waals surface area contributed by atoms with Crippen molar-refractivity contribution in [2.75, 3.05) is 11.9 Å². The molecule has 2 aromatic heterocycles. The molecule has 0 fully saturated rings. The van der Waals surface area contributed by atoms with Crippen molar-refractivity contribution in [3.8, 4) is 0 Å². The predicted octanol–water partition coefficient (Wildman–Crippen LogP) is 2.01. The third-order valence-electron chi connectivity index (χ3n) is 2.93. The van der Waals surface area contributed by atoms with Crippen LogP contribution >= 0.6 is 0 Å². The second kappa shape index (κ2) is 6.96. The molecule has 0 amide bonds. The van der Waals surface area contributed by atoms with E-state index in [0.29, 0.717) is 6.04 Å². The van der Waals surface area contributed by atoms with E-state index < -0.39 is 0 Å². The molecule has 0 unspecified atom stereocenters. The van der Waals surface area contributed by atoms with Crippen molar-refractivity contribution in [3.05, 3.63) is 47.9 Å². The lowest BCUT2D eigenvalue weighted by molar-refractivity contribution is 0.577. The number of hydrogen-bond donors (Lipinski definition) is 1. The number of nitrogens with one attached hydrogen (secondary N) is 1. The molecule has 0 aliphatic carbocycles. The summed E-state index contributed by atoms with van der Waals surface area (Å²) in [6.07, 6.45) is 3.64. The average molecular weight is 271 g/mol. The van der Waals surface area contributed by atoms with Crippen molar-refractivity contribution in [1.29, 1.82) is 0 Å². The van der Waals surface area contributed by atoms with E-state index in [2.05, 4.69) is 45.3 Å². The van der Waals surface area contributed by atoms with Gasteiger partial charge in [0.05, 0.1) is 5.69 Å². The number of nitrogens with zero attached hydrogens (tertiary/aromatic N) is 4. The van der Waals surface area contributed by atoms with E-state index in [1.54, 1.807) is 6.20 Å². The molecule has 20 heavy (non-hydrogen) atoms. The third kappa shape index (κ3) is 4.28. The van der Waals surface area contributed by atoms with Gasteiger partial charge in [0.15, 0.2) is 5.82 Å². The van der Waals surface area contributed by atoms with Gasteiger partial charge < -0.3 is 10.2 Å². The molecule has 0 saturated carbocycles. The highest BCUT2D eigenvalue weighted by Gasteiger charge is 2.05. The van der Waals surface area contributed by atoms with E-state index >= 15 is 0 Å². The van der Waals surface area contributed by atoms with Crippen LogP contribution in [0.2, 0.25) is 0 Å². The van der Waals surface area contributed by atoms with Crippen molar-refractivity contribution < 1.29 is 0 Å². The molecular weight excluding hydrogens is 250 g/mol. The highest BCUT2D eigenvalue weighted by atomic mass is 15.2. The summed E-state index contributed by atoms with van der Waals surface area (Å²) in [5.74, 6) is 0.863. The quantitative estimate of drug-likeness (QED) is 0.871. The summed E-state index contributed by atoms with van der Waals surface area (Å²) < 4.78 is 0. The fourth-order valence-electron chi connectivity index (χ4n) is 1.81. The molecule has 0 aliphatic heterocycles. The summed E-state index contributed by atoms with van der Waals surface area (Å²) in [4.78, 5) is 6.17. The van der Waals surface area contributed by atoms with Crippen molar-refractivity contribution in [2.24, 2.45) is 0 Å². The Morgan fingerprint density at radius 1 is 1.20 bits per heavy atom. The first kappa shape index (κ1) is 14.4. The van der Waals surface area contributed by atoms with E-state index in [4.69, 9.17) is 0 Å². The minimum Gasteiger partial charge on any atom is -0.354 e. The molecule has 0 spiro atoms. The second-order valence-corrected chi connectivity index (χ2v) is 5.14. The Morgan fingerprint density at radius 2 is 2.05 bits per heavy atom. The van der Waals surface area contributed by atoms with E-state index in [1.165, 1.54) is 0 Å². The fraction of sp³-hybridized carbons (Fsp3) is 0.400. The smallest absolute Gasteiger partial charge is 0.151 e. The summed E-state index contributed by atoms with van der Waals surface area (Å²) in [6, 6.07) is 8.45. The minimum atomic E-state index is 0.449. The zero-order chi connectivity index (χ0) is 14.4. The first-order valence-electron chi connectivity index (χ1n) is 6.81. The van der Waals surface area contributed by atoms with Gasteiger partial charge in [-0.05, 0) is 23.8 Å². The Morgan fingerprint density at radius 3 is 2.65 bits per heavy atom. The molecule has 1 N–H and O–H groups in total. The molecular formula is C15H21N5. The molecule has 0 aliphatic rings. The molecule has 0 bridgehead atoms. The predicted molar refractivity (Wildman–Crippen MR) is 80.4 cm³/mol. The second-order valence-electron chi connectivity index (χ2n) is 5.14. The van der Waals surface area contributed by atoms with E-state index in [9.17, 15) is 0 Å². The van der Waals surface area contributed by atoms with Crippen LogP contribution in [0.1, 0.15) is 25.1 Å². The highest BCUT2D eigenvalue weighted by Crippen LogP contribution is 2.11. The molecule has 0 saturated heterocycles. The molecule has 0 atom stereocenters. The van der Waals surface area contributed by atoms with Gasteiger partial charge in [0.1, 0.15) is 0 Å². The Kier molecular flexibility index (Phi) is 5.01. The van der Waals surface area contributed by atoms with Crippen LogP contribution in [-0.4, -0.2) is 28.3 Å². The normalized spacial score (nSPS) is 10.8. The zero-order valence-corrected chi connectivity index (χ0v) is 12.2. The lowest BCUT2D eigenvalue weighted by atomic mass is 10.2. The van der Waals surface area contributed by atoms with Gasteiger partial charge in [-0.3, -0.25) is 4.98 Å². The Labute approximate surface area is 120 Å². The number of hydrogen-bond acceptors (Lipinski definition) is 5. The summed E-state index contributed by atoms with van der Waals surface area (Å²) in [7, 11) is 2.00. The molecule has 106 valence electrons. The lowest BCUT2D eigenvalue weighted by Crippen LogP contribution is -2.23. The monoisotopic (exact) mass is 271 g/mol. The summed E-state index contributed by atoms with van der Waals surface area (Å²) in [5.41, 5.74) is 2.11. The number of rotatable bonds is 6. The van der Waals surface area contributed by atoms with Crippen LogP contribution < -0.4 is 10.2 Å². The minimum absolute atomic E-state index is 0.449. The number of anilines is 1. The molecule has 2 heterocycles. The highest BCUT2D eigenvalue weighted by molar-refractivity contribution is 5.37. The van der Waals surface area contributed by atoms with Crippen LogP contribution in [0.3, 0.4) is 0 Å². The van der Waals surface area contributed by atoms with Crippen molar-refractivity contribution in [1.82, 2.24) is 20.5 Å². The zero-order valence-electron chi connectivity index (χ0n) is 12.2. The van der Waals surface area contributed by atoms with Gasteiger partial charge in [0.2, 0.25) is 0 Å². The van der Waals surface area contributed by atoms with Crippen LogP contribution in [0.25, 0.3) is 0 Å². The van der Waals surface area contributed by atoms with Crippen molar-refractivity contribution in [2.45, 2.75) is 33.0 Å². The largest absolute Gasteiger partial charge is 0.354 e. The van der Waals surface area contributed by atoms with Gasteiger partial charge in [-0.25, -0.2) is 0 Å². The summed E-state index contributed by atoms with van der Waals surface area (Å²) in [5, 5.41) is 11.8. The molecule has 2 rings (SSSR count). The van der Waals surface area contributed by atoms with E-state index in [1.807, 2.05) is 31.4 Å². The Balaban J connectivity index is 1.95. The molecule has 5 nitrogen and oxygen atoms in total. The van der Waals surface area contributed by atoms with Crippen LogP contribution in [0.4, 0.5) is 5.82 Å². The van der Waals surface area contributed by atoms with Gasteiger partial charge in [-0.1, -0.05) is 19.9 Å². The summed E-state index contributed by atoms with van der Waals surface area (Å²) >= 11 is 0. The standard InChI is InChI=1S/C15H21N5/c1-12(2)17-10-14-6-7-15(19-18-14)20(3)11-13-5-4-8-16-9-13/h4-9,12,17H,10-11H2,1-3H3. The Bertz CT molecular complexity index is 510. The maximum atomic E-state index is 4.27. The van der Waals surface area contributed by atoms with Gasteiger partial charge in [-0.15, -0.1) is 5.10 Å². The first-order valence-corrected chi connectivity index (χ1v) is 6.81. The van der Waals surface area contributed by atoms with Crippen LogP contribution in [-0.2, 0) is 13.1 Å². The van der Waals surface area contributed by atoms with E-state index in [-0.39, 0.29) is 0 Å². The average Bonchev–Trinajstić information content (AvgIpc) is 2.46.